The predicted molar refractivity (Wildman–Crippen MR) is 87.4 cm³/mol. The van der Waals surface area contributed by atoms with Gasteiger partial charge in [-0.2, -0.15) is 0 Å². The van der Waals surface area contributed by atoms with Gasteiger partial charge >= 0.3 is 0 Å². The van der Waals surface area contributed by atoms with E-state index in [0.717, 1.165) is 11.3 Å². The van der Waals surface area contributed by atoms with Crippen molar-refractivity contribution in [3.63, 3.8) is 0 Å². The number of hydrogen-bond acceptors (Lipinski definition) is 2. The van der Waals surface area contributed by atoms with E-state index in [1.165, 1.54) is 22.5 Å². The number of aromatic nitrogens is 4. The molecule has 4 aromatic heterocycles. The zero-order chi connectivity index (χ0) is 15.3. The summed E-state index contributed by atoms with van der Waals surface area (Å²) in [7, 11) is 0. The van der Waals surface area contributed by atoms with Gasteiger partial charge in [-0.3, -0.25) is 0 Å². The van der Waals surface area contributed by atoms with E-state index < -0.39 is 0 Å². The minimum absolute atomic E-state index is 0.216. The molecule has 22 heavy (non-hydrogen) atoms. The molecule has 4 nitrogen and oxygen atoms in total. The SMILES string of the molecule is Cc1ccc2ncc(C(C)c3cnc4ccc(C)cn34)n2c1. The Morgan fingerprint density at radius 3 is 1.68 bits per heavy atom. The highest BCUT2D eigenvalue weighted by molar-refractivity contribution is 5.46. The Hall–Kier alpha value is -2.62. The topological polar surface area (TPSA) is 34.6 Å². The Balaban J connectivity index is 1.90. The number of fused-ring (bicyclic) bond motifs is 2. The van der Waals surface area contributed by atoms with E-state index in [-0.39, 0.29) is 5.92 Å². The van der Waals surface area contributed by atoms with Crippen LogP contribution in [0.2, 0.25) is 0 Å². The van der Waals surface area contributed by atoms with Gasteiger partial charge in [0.2, 0.25) is 0 Å². The molecule has 110 valence electrons. The first-order chi connectivity index (χ1) is 10.6. The second-order valence-electron chi connectivity index (χ2n) is 5.96. The van der Waals surface area contributed by atoms with Crippen LogP contribution in [-0.4, -0.2) is 18.8 Å². The number of pyridine rings is 2. The molecule has 4 aromatic rings. The number of nitrogens with zero attached hydrogens (tertiary/aromatic N) is 4. The molecule has 4 heterocycles. The molecule has 0 saturated heterocycles. The average Bonchev–Trinajstić information content (AvgIpc) is 3.09. The van der Waals surface area contributed by atoms with E-state index in [1.807, 2.05) is 12.4 Å². The summed E-state index contributed by atoms with van der Waals surface area (Å²) in [4.78, 5) is 9.04. The summed E-state index contributed by atoms with van der Waals surface area (Å²) in [5.41, 5.74) is 6.79. The van der Waals surface area contributed by atoms with Crippen LogP contribution in [0.1, 0.15) is 35.4 Å². The second kappa shape index (κ2) is 4.70. The molecule has 4 heteroatoms. The molecule has 0 aliphatic heterocycles. The Morgan fingerprint density at radius 1 is 0.773 bits per heavy atom. The predicted octanol–water partition coefficient (Wildman–Crippen LogP) is 3.75. The van der Waals surface area contributed by atoms with E-state index in [0.29, 0.717) is 0 Å². The second-order valence-corrected chi connectivity index (χ2v) is 5.96. The third-order valence-electron chi connectivity index (χ3n) is 4.25. The Bertz CT molecular complexity index is 897. The zero-order valence-electron chi connectivity index (χ0n) is 13.0. The summed E-state index contributed by atoms with van der Waals surface area (Å²) >= 11 is 0. The minimum Gasteiger partial charge on any atom is -0.303 e. The largest absolute Gasteiger partial charge is 0.303 e. The van der Waals surface area contributed by atoms with E-state index >= 15 is 0 Å². The highest BCUT2D eigenvalue weighted by Crippen LogP contribution is 2.26. The first-order valence-electron chi connectivity index (χ1n) is 7.51. The van der Waals surface area contributed by atoms with Crippen molar-refractivity contribution < 1.29 is 0 Å². The fourth-order valence-electron chi connectivity index (χ4n) is 3.00. The third kappa shape index (κ3) is 1.91. The molecular formula is C18H18N4. The maximum Gasteiger partial charge on any atom is 0.136 e. The van der Waals surface area contributed by atoms with Crippen molar-refractivity contribution in [1.29, 1.82) is 0 Å². The van der Waals surface area contributed by atoms with E-state index in [9.17, 15) is 0 Å². The van der Waals surface area contributed by atoms with Crippen LogP contribution < -0.4 is 0 Å². The molecule has 0 bridgehead atoms. The van der Waals surface area contributed by atoms with Crippen molar-refractivity contribution in [2.24, 2.45) is 0 Å². The normalized spacial score (nSPS) is 11.8. The molecule has 0 aliphatic carbocycles. The number of aryl methyl sites for hydroxylation is 2. The van der Waals surface area contributed by atoms with Crippen LogP contribution in [0.15, 0.2) is 49.1 Å². The summed E-state index contributed by atoms with van der Waals surface area (Å²) in [6.07, 6.45) is 8.22. The highest BCUT2D eigenvalue weighted by Gasteiger charge is 2.17. The molecule has 0 saturated carbocycles. The molecule has 0 aromatic carbocycles. The average molecular weight is 290 g/mol. The van der Waals surface area contributed by atoms with Gasteiger partial charge in [0.15, 0.2) is 0 Å². The molecule has 0 aliphatic rings. The van der Waals surface area contributed by atoms with Crippen LogP contribution in [0, 0.1) is 13.8 Å². The third-order valence-corrected chi connectivity index (χ3v) is 4.25. The van der Waals surface area contributed by atoms with Crippen LogP contribution in [0.25, 0.3) is 11.3 Å². The summed E-state index contributed by atoms with van der Waals surface area (Å²) in [5.74, 6) is 0.216. The van der Waals surface area contributed by atoms with Gasteiger partial charge in [-0.25, -0.2) is 9.97 Å². The number of rotatable bonds is 2. The number of hydrogen-bond donors (Lipinski definition) is 0. The molecule has 0 radical (unpaired) electrons. The fraction of sp³-hybridized carbons (Fsp3) is 0.222. The molecule has 0 N–H and O–H groups in total. The zero-order valence-corrected chi connectivity index (χ0v) is 13.0. The Kier molecular flexibility index (Phi) is 2.79. The smallest absolute Gasteiger partial charge is 0.136 e. The first kappa shape index (κ1) is 13.1. The molecule has 0 atom stereocenters. The van der Waals surface area contributed by atoms with Crippen LogP contribution in [0.5, 0.6) is 0 Å². The van der Waals surface area contributed by atoms with Gasteiger partial charge in [0.05, 0.1) is 11.4 Å². The number of imidazole rings is 2. The van der Waals surface area contributed by atoms with Crippen molar-refractivity contribution in [3.8, 4) is 0 Å². The lowest BCUT2D eigenvalue weighted by Crippen LogP contribution is -2.04. The summed E-state index contributed by atoms with van der Waals surface area (Å²) in [5, 5.41) is 0. The fourth-order valence-corrected chi connectivity index (χ4v) is 3.00. The van der Waals surface area contributed by atoms with Crippen molar-refractivity contribution >= 4 is 11.3 Å². The van der Waals surface area contributed by atoms with Crippen LogP contribution in [0.3, 0.4) is 0 Å². The quantitative estimate of drug-likeness (QED) is 0.563. The standard InChI is InChI=1S/C18H18N4/c1-12-4-6-17-19-8-15(21(17)10-12)14(3)16-9-20-18-7-5-13(2)11-22(16)18/h4-11,14H,1-3H3. The molecule has 0 fully saturated rings. The summed E-state index contributed by atoms with van der Waals surface area (Å²) < 4.78 is 4.35. The van der Waals surface area contributed by atoms with E-state index in [1.54, 1.807) is 0 Å². The van der Waals surface area contributed by atoms with Crippen LogP contribution >= 0.6 is 0 Å². The van der Waals surface area contributed by atoms with Crippen molar-refractivity contribution in [3.05, 3.63) is 71.6 Å². The molecule has 4 rings (SSSR count). The van der Waals surface area contributed by atoms with Crippen molar-refractivity contribution in [1.82, 2.24) is 18.8 Å². The van der Waals surface area contributed by atoms with Gasteiger partial charge in [0.25, 0.3) is 0 Å². The van der Waals surface area contributed by atoms with Gasteiger partial charge in [-0.1, -0.05) is 19.1 Å². The lowest BCUT2D eigenvalue weighted by molar-refractivity contribution is 0.805. The first-order valence-corrected chi connectivity index (χ1v) is 7.51. The van der Waals surface area contributed by atoms with Crippen molar-refractivity contribution in [2.45, 2.75) is 26.7 Å². The van der Waals surface area contributed by atoms with Gasteiger partial charge < -0.3 is 8.80 Å². The van der Waals surface area contributed by atoms with Gasteiger partial charge in [-0.15, -0.1) is 0 Å². The minimum atomic E-state index is 0.216. The Labute approximate surface area is 129 Å². The van der Waals surface area contributed by atoms with Gasteiger partial charge in [0, 0.05) is 30.7 Å². The lowest BCUT2D eigenvalue weighted by atomic mass is 10.1. The monoisotopic (exact) mass is 290 g/mol. The maximum atomic E-state index is 4.52. The molecule has 0 unspecified atom stereocenters. The van der Waals surface area contributed by atoms with E-state index in [2.05, 4.69) is 76.2 Å². The molecular weight excluding hydrogens is 272 g/mol. The van der Waals surface area contributed by atoms with Crippen molar-refractivity contribution in [2.75, 3.05) is 0 Å². The van der Waals surface area contributed by atoms with Gasteiger partial charge in [0.1, 0.15) is 11.3 Å². The van der Waals surface area contributed by atoms with E-state index in [4.69, 9.17) is 0 Å². The van der Waals surface area contributed by atoms with Crippen LogP contribution in [-0.2, 0) is 0 Å². The molecule has 0 amide bonds. The van der Waals surface area contributed by atoms with Crippen LogP contribution in [0.4, 0.5) is 0 Å². The molecule has 0 spiro atoms. The summed E-state index contributed by atoms with van der Waals surface area (Å²) in [6.45, 7) is 6.41. The highest BCUT2D eigenvalue weighted by atomic mass is 15.0. The lowest BCUT2D eigenvalue weighted by Gasteiger charge is -2.12. The maximum absolute atomic E-state index is 4.52. The Morgan fingerprint density at radius 2 is 1.23 bits per heavy atom. The summed E-state index contributed by atoms with van der Waals surface area (Å²) in [6, 6.07) is 8.30. The van der Waals surface area contributed by atoms with Gasteiger partial charge in [-0.05, 0) is 37.1 Å².